The Balaban J connectivity index is 2.34. The molecule has 0 fully saturated rings. The Labute approximate surface area is 81.0 Å². The summed E-state index contributed by atoms with van der Waals surface area (Å²) in [5, 5.41) is 9.65. The first-order valence-electron chi connectivity index (χ1n) is 4.21. The van der Waals surface area contributed by atoms with Crippen molar-refractivity contribution < 1.29 is 14.7 Å². The molecule has 1 N–H and O–H groups in total. The predicted molar refractivity (Wildman–Crippen MR) is 50.8 cm³/mol. The van der Waals surface area contributed by atoms with E-state index in [1.54, 1.807) is 18.2 Å². The Kier molecular flexibility index (Phi) is 2.10. The van der Waals surface area contributed by atoms with E-state index in [1.807, 2.05) is 18.2 Å². The van der Waals surface area contributed by atoms with Gasteiger partial charge in [-0.1, -0.05) is 30.4 Å². The number of carbonyl (C=O) groups is 1. The molecule has 1 aromatic rings. The summed E-state index contributed by atoms with van der Waals surface area (Å²) in [7, 11) is 0. The van der Waals surface area contributed by atoms with Crippen molar-refractivity contribution in [2.75, 3.05) is 6.54 Å². The van der Waals surface area contributed by atoms with Gasteiger partial charge in [0.15, 0.2) is 5.75 Å². The minimum absolute atomic E-state index is 0.240. The summed E-state index contributed by atoms with van der Waals surface area (Å²) in [6.07, 6.45) is 2.50. The first-order valence-corrected chi connectivity index (χ1v) is 4.21. The third kappa shape index (κ3) is 1.54. The SMILES string of the molecule is O=C(O)N1CC=Cc2ccccc2O1. The number of para-hydroxylation sites is 1. The quantitative estimate of drug-likeness (QED) is 0.682. The Bertz CT molecular complexity index is 387. The smallest absolute Gasteiger partial charge is 0.441 e. The molecule has 1 heterocycles. The van der Waals surface area contributed by atoms with Crippen LogP contribution < -0.4 is 4.84 Å². The maximum Gasteiger partial charge on any atom is 0.441 e. The molecular weight excluding hydrogens is 182 g/mol. The minimum atomic E-state index is -1.09. The molecule has 0 bridgehead atoms. The van der Waals surface area contributed by atoms with Gasteiger partial charge in [-0.3, -0.25) is 0 Å². The van der Waals surface area contributed by atoms with Gasteiger partial charge in [0.05, 0.1) is 6.54 Å². The molecule has 1 aliphatic heterocycles. The van der Waals surface area contributed by atoms with Gasteiger partial charge in [0.2, 0.25) is 0 Å². The van der Waals surface area contributed by atoms with Crippen molar-refractivity contribution in [3.05, 3.63) is 35.9 Å². The van der Waals surface area contributed by atoms with Crippen LogP contribution in [0.2, 0.25) is 0 Å². The number of fused-ring (bicyclic) bond motifs is 1. The van der Waals surface area contributed by atoms with Crippen molar-refractivity contribution in [2.24, 2.45) is 0 Å². The zero-order valence-corrected chi connectivity index (χ0v) is 7.38. The average Bonchev–Trinajstić information content (AvgIpc) is 2.39. The number of hydrogen-bond donors (Lipinski definition) is 1. The minimum Gasteiger partial charge on any atom is -0.463 e. The van der Waals surface area contributed by atoms with Crippen molar-refractivity contribution in [1.29, 1.82) is 0 Å². The molecular formula is C10H9NO3. The van der Waals surface area contributed by atoms with E-state index in [2.05, 4.69) is 0 Å². The summed E-state index contributed by atoms with van der Waals surface area (Å²) >= 11 is 0. The molecule has 0 spiro atoms. The van der Waals surface area contributed by atoms with Gasteiger partial charge in [0, 0.05) is 5.56 Å². The number of nitrogens with zero attached hydrogens (tertiary/aromatic N) is 1. The van der Waals surface area contributed by atoms with E-state index in [0.29, 0.717) is 5.75 Å². The maximum absolute atomic E-state index is 10.7. The number of carboxylic acid groups (broad SMARTS) is 1. The van der Waals surface area contributed by atoms with Gasteiger partial charge in [-0.25, -0.2) is 4.79 Å². The second-order valence-electron chi connectivity index (χ2n) is 2.88. The van der Waals surface area contributed by atoms with Gasteiger partial charge >= 0.3 is 6.09 Å². The Morgan fingerprint density at radius 1 is 1.43 bits per heavy atom. The number of hydrogen-bond acceptors (Lipinski definition) is 2. The van der Waals surface area contributed by atoms with Crippen LogP contribution >= 0.6 is 0 Å². The van der Waals surface area contributed by atoms with Crippen molar-refractivity contribution in [3.63, 3.8) is 0 Å². The zero-order valence-electron chi connectivity index (χ0n) is 7.38. The monoisotopic (exact) mass is 191 g/mol. The van der Waals surface area contributed by atoms with Crippen LogP contribution in [0.1, 0.15) is 5.56 Å². The lowest BCUT2D eigenvalue weighted by Gasteiger charge is -2.16. The van der Waals surface area contributed by atoms with Crippen LogP contribution in [0.4, 0.5) is 4.79 Å². The topological polar surface area (TPSA) is 49.8 Å². The molecule has 0 saturated heterocycles. The van der Waals surface area contributed by atoms with E-state index in [4.69, 9.17) is 9.94 Å². The van der Waals surface area contributed by atoms with Crippen LogP contribution in [0.5, 0.6) is 5.75 Å². The Morgan fingerprint density at radius 2 is 2.21 bits per heavy atom. The molecule has 0 unspecified atom stereocenters. The van der Waals surface area contributed by atoms with Gasteiger partial charge in [-0.05, 0) is 6.07 Å². The van der Waals surface area contributed by atoms with Crippen molar-refractivity contribution in [3.8, 4) is 5.75 Å². The fraction of sp³-hybridized carbons (Fsp3) is 0.100. The summed E-state index contributed by atoms with van der Waals surface area (Å²) in [5.74, 6) is 0.559. The third-order valence-electron chi connectivity index (χ3n) is 1.91. The van der Waals surface area contributed by atoms with Gasteiger partial charge < -0.3 is 9.94 Å². The summed E-state index contributed by atoms with van der Waals surface area (Å²) in [4.78, 5) is 15.9. The Hall–Kier alpha value is -1.97. The van der Waals surface area contributed by atoms with E-state index in [9.17, 15) is 4.79 Å². The highest BCUT2D eigenvalue weighted by Crippen LogP contribution is 2.22. The highest BCUT2D eigenvalue weighted by molar-refractivity contribution is 5.66. The molecule has 0 atom stereocenters. The lowest BCUT2D eigenvalue weighted by molar-refractivity contribution is -0.0253. The van der Waals surface area contributed by atoms with Gasteiger partial charge in [-0.2, -0.15) is 0 Å². The highest BCUT2D eigenvalue weighted by atomic mass is 16.7. The molecule has 1 aromatic carbocycles. The summed E-state index contributed by atoms with van der Waals surface area (Å²) in [6, 6.07) is 7.29. The van der Waals surface area contributed by atoms with Crippen LogP contribution in [0.15, 0.2) is 30.3 Å². The molecule has 0 saturated carbocycles. The fourth-order valence-corrected chi connectivity index (χ4v) is 1.25. The standard InChI is InChI=1S/C10H9NO3/c12-10(13)11-7-3-5-8-4-1-2-6-9(8)14-11/h1-6H,7H2,(H,12,13). The normalized spacial score (nSPS) is 14.1. The largest absolute Gasteiger partial charge is 0.463 e. The molecule has 1 amide bonds. The molecule has 4 nitrogen and oxygen atoms in total. The average molecular weight is 191 g/mol. The van der Waals surface area contributed by atoms with Gasteiger partial charge in [0.25, 0.3) is 0 Å². The molecule has 0 radical (unpaired) electrons. The molecule has 72 valence electrons. The first kappa shape index (κ1) is 8.62. The lowest BCUT2D eigenvalue weighted by Crippen LogP contribution is -2.32. The van der Waals surface area contributed by atoms with Crippen LogP contribution in [0, 0.1) is 0 Å². The van der Waals surface area contributed by atoms with E-state index in [-0.39, 0.29) is 6.54 Å². The van der Waals surface area contributed by atoms with E-state index < -0.39 is 6.09 Å². The second-order valence-corrected chi connectivity index (χ2v) is 2.88. The molecule has 14 heavy (non-hydrogen) atoms. The van der Waals surface area contributed by atoms with Crippen molar-refractivity contribution in [2.45, 2.75) is 0 Å². The predicted octanol–water partition coefficient (Wildman–Crippen LogP) is 1.99. The van der Waals surface area contributed by atoms with Crippen molar-refractivity contribution in [1.82, 2.24) is 5.06 Å². The number of hydroxylamine groups is 2. The summed E-state index contributed by atoms with van der Waals surface area (Å²) in [5.41, 5.74) is 0.885. The fourth-order valence-electron chi connectivity index (χ4n) is 1.25. The number of rotatable bonds is 0. The first-order chi connectivity index (χ1) is 6.77. The number of benzene rings is 1. The maximum atomic E-state index is 10.7. The molecule has 1 aliphatic rings. The van der Waals surface area contributed by atoms with Gasteiger partial charge in [-0.15, -0.1) is 5.06 Å². The molecule has 2 rings (SSSR count). The molecule has 0 aliphatic carbocycles. The van der Waals surface area contributed by atoms with Crippen LogP contribution in [-0.4, -0.2) is 22.8 Å². The summed E-state index contributed by atoms with van der Waals surface area (Å²) in [6.45, 7) is 0.240. The second kappa shape index (κ2) is 3.41. The van der Waals surface area contributed by atoms with Crippen LogP contribution in [-0.2, 0) is 0 Å². The lowest BCUT2D eigenvalue weighted by atomic mass is 10.2. The Morgan fingerprint density at radius 3 is 3.00 bits per heavy atom. The van der Waals surface area contributed by atoms with E-state index in [1.165, 1.54) is 0 Å². The van der Waals surface area contributed by atoms with Crippen molar-refractivity contribution >= 4 is 12.2 Å². The third-order valence-corrected chi connectivity index (χ3v) is 1.91. The van der Waals surface area contributed by atoms with Crippen LogP contribution in [0.3, 0.4) is 0 Å². The molecule has 4 heteroatoms. The zero-order chi connectivity index (χ0) is 9.97. The summed E-state index contributed by atoms with van der Waals surface area (Å²) < 4.78 is 0. The molecule has 0 aromatic heterocycles. The van der Waals surface area contributed by atoms with Crippen LogP contribution in [0.25, 0.3) is 6.08 Å². The number of amides is 1. The highest BCUT2D eigenvalue weighted by Gasteiger charge is 2.15. The van der Waals surface area contributed by atoms with Gasteiger partial charge in [0.1, 0.15) is 0 Å². The van der Waals surface area contributed by atoms with E-state index >= 15 is 0 Å². The van der Waals surface area contributed by atoms with E-state index in [0.717, 1.165) is 10.6 Å².